The predicted octanol–water partition coefficient (Wildman–Crippen LogP) is 1.08. The smallest absolute Gasteiger partial charge is 0.269 e. The van der Waals surface area contributed by atoms with Crippen molar-refractivity contribution < 1.29 is 14.5 Å². The zero-order valence-electron chi connectivity index (χ0n) is 11.9. The lowest BCUT2D eigenvalue weighted by atomic mass is 10.1. The first kappa shape index (κ1) is 16.8. The number of ether oxygens (including phenoxy) is 1. The summed E-state index contributed by atoms with van der Waals surface area (Å²) in [6, 6.07) is 5.37. The van der Waals surface area contributed by atoms with Crippen molar-refractivity contribution in [2.75, 3.05) is 20.3 Å². The molecule has 1 amide bonds. The number of hydrogen-bond donors (Lipinski definition) is 1. The maximum Gasteiger partial charge on any atom is 0.269 e. The van der Waals surface area contributed by atoms with Gasteiger partial charge in [0.2, 0.25) is 5.91 Å². The fourth-order valence-corrected chi connectivity index (χ4v) is 1.86. The van der Waals surface area contributed by atoms with E-state index in [-0.39, 0.29) is 24.7 Å². The summed E-state index contributed by atoms with van der Waals surface area (Å²) in [5, 5.41) is 10.8. The van der Waals surface area contributed by atoms with Gasteiger partial charge in [-0.3, -0.25) is 14.9 Å². The Morgan fingerprint density at radius 1 is 1.62 bits per heavy atom. The Hall–Kier alpha value is -2.25. The fourth-order valence-electron chi connectivity index (χ4n) is 1.86. The fraction of sp³-hybridized carbons (Fsp3) is 0.357. The Balaban J connectivity index is 2.87. The van der Waals surface area contributed by atoms with Crippen molar-refractivity contribution in [1.82, 2.24) is 4.90 Å². The number of methoxy groups -OCH3 is 1. The first-order valence-electron chi connectivity index (χ1n) is 6.37. The molecule has 0 aliphatic rings. The molecule has 1 atom stereocenters. The summed E-state index contributed by atoms with van der Waals surface area (Å²) < 4.78 is 4.87. The van der Waals surface area contributed by atoms with Crippen LogP contribution in [0.1, 0.15) is 5.56 Å². The molecule has 21 heavy (non-hydrogen) atoms. The molecule has 7 heteroatoms. The quantitative estimate of drug-likeness (QED) is 0.439. The molecule has 0 spiro atoms. The number of amides is 1. The molecule has 1 aromatic rings. The van der Waals surface area contributed by atoms with Gasteiger partial charge in [0.1, 0.15) is 6.04 Å². The predicted molar refractivity (Wildman–Crippen MR) is 78.6 cm³/mol. The first-order valence-corrected chi connectivity index (χ1v) is 6.37. The van der Waals surface area contributed by atoms with E-state index >= 15 is 0 Å². The van der Waals surface area contributed by atoms with Crippen LogP contribution in [0.3, 0.4) is 0 Å². The second kappa shape index (κ2) is 8.13. The lowest BCUT2D eigenvalue weighted by Crippen LogP contribution is -2.45. The van der Waals surface area contributed by atoms with Crippen molar-refractivity contribution in [2.45, 2.75) is 12.6 Å². The van der Waals surface area contributed by atoms with E-state index in [9.17, 15) is 14.9 Å². The number of nitro benzene ring substituents is 1. The van der Waals surface area contributed by atoms with Gasteiger partial charge in [0.15, 0.2) is 0 Å². The molecular formula is C14H19N3O4. The molecule has 0 aliphatic heterocycles. The van der Waals surface area contributed by atoms with Crippen LogP contribution in [0.2, 0.25) is 0 Å². The third-order valence-corrected chi connectivity index (χ3v) is 2.82. The van der Waals surface area contributed by atoms with Crippen LogP contribution in [-0.2, 0) is 16.1 Å². The highest BCUT2D eigenvalue weighted by Gasteiger charge is 2.20. The van der Waals surface area contributed by atoms with Crippen molar-refractivity contribution in [1.29, 1.82) is 0 Å². The highest BCUT2D eigenvalue weighted by Crippen LogP contribution is 2.15. The zero-order chi connectivity index (χ0) is 15.8. The monoisotopic (exact) mass is 293 g/mol. The number of nitrogens with two attached hydrogens (primary N) is 1. The van der Waals surface area contributed by atoms with Gasteiger partial charge in [-0.1, -0.05) is 18.2 Å². The summed E-state index contributed by atoms with van der Waals surface area (Å²) in [4.78, 5) is 24.0. The third-order valence-electron chi connectivity index (χ3n) is 2.82. The maximum absolute atomic E-state index is 12.2. The Morgan fingerprint density at radius 3 is 2.90 bits per heavy atom. The number of benzene rings is 1. The van der Waals surface area contributed by atoms with E-state index in [4.69, 9.17) is 10.5 Å². The van der Waals surface area contributed by atoms with E-state index < -0.39 is 11.0 Å². The van der Waals surface area contributed by atoms with E-state index in [1.165, 1.54) is 24.1 Å². The van der Waals surface area contributed by atoms with Gasteiger partial charge in [-0.15, -0.1) is 6.58 Å². The van der Waals surface area contributed by atoms with Crippen molar-refractivity contribution >= 4 is 11.6 Å². The summed E-state index contributed by atoms with van der Waals surface area (Å²) in [7, 11) is 1.46. The lowest BCUT2D eigenvalue weighted by molar-refractivity contribution is -0.384. The van der Waals surface area contributed by atoms with Gasteiger partial charge in [-0.05, 0) is 5.56 Å². The van der Waals surface area contributed by atoms with Gasteiger partial charge < -0.3 is 15.4 Å². The third kappa shape index (κ3) is 4.97. The standard InChI is InChI=1S/C14H19N3O4/c1-3-7-16(14(18)13(15)10-21-2)9-11-5-4-6-12(8-11)17(19)20/h3-6,8,13H,1,7,9-10,15H2,2H3. The Bertz CT molecular complexity index is 519. The van der Waals surface area contributed by atoms with Crippen LogP contribution in [0.5, 0.6) is 0 Å². The molecule has 0 aliphatic carbocycles. The SMILES string of the molecule is C=CCN(Cc1cccc([N+](=O)[O-])c1)C(=O)C(N)COC. The largest absolute Gasteiger partial charge is 0.383 e. The highest BCUT2D eigenvalue weighted by molar-refractivity contribution is 5.82. The lowest BCUT2D eigenvalue weighted by Gasteiger charge is -2.24. The van der Waals surface area contributed by atoms with E-state index in [1.54, 1.807) is 18.2 Å². The summed E-state index contributed by atoms with van der Waals surface area (Å²) in [6.45, 7) is 4.24. The van der Waals surface area contributed by atoms with Crippen LogP contribution >= 0.6 is 0 Å². The average molecular weight is 293 g/mol. The van der Waals surface area contributed by atoms with Gasteiger partial charge in [0, 0.05) is 32.3 Å². The maximum atomic E-state index is 12.2. The molecule has 114 valence electrons. The molecular weight excluding hydrogens is 274 g/mol. The van der Waals surface area contributed by atoms with Gasteiger partial charge in [0.25, 0.3) is 5.69 Å². The normalized spacial score (nSPS) is 11.7. The molecule has 0 fully saturated rings. The number of hydrogen-bond acceptors (Lipinski definition) is 5. The van der Waals surface area contributed by atoms with Crippen LogP contribution in [0.4, 0.5) is 5.69 Å². The summed E-state index contributed by atoms with van der Waals surface area (Å²) >= 11 is 0. The van der Waals surface area contributed by atoms with Crippen LogP contribution in [0, 0.1) is 10.1 Å². The molecule has 0 saturated carbocycles. The molecule has 1 rings (SSSR count). The molecule has 7 nitrogen and oxygen atoms in total. The number of carbonyl (C=O) groups is 1. The number of rotatable bonds is 8. The number of non-ortho nitro benzene ring substituents is 1. The minimum absolute atomic E-state index is 0.0142. The summed E-state index contributed by atoms with van der Waals surface area (Å²) in [5.41, 5.74) is 6.37. The Kier molecular flexibility index (Phi) is 6.51. The summed E-state index contributed by atoms with van der Waals surface area (Å²) in [5.74, 6) is -0.289. The first-order chi connectivity index (χ1) is 9.99. The minimum Gasteiger partial charge on any atom is -0.383 e. The van der Waals surface area contributed by atoms with Crippen LogP contribution in [0.25, 0.3) is 0 Å². The minimum atomic E-state index is -0.770. The van der Waals surface area contributed by atoms with Crippen molar-refractivity contribution in [3.05, 3.63) is 52.6 Å². The van der Waals surface area contributed by atoms with E-state index in [0.717, 1.165) is 0 Å². The van der Waals surface area contributed by atoms with Gasteiger partial charge in [0.05, 0.1) is 11.5 Å². The van der Waals surface area contributed by atoms with Crippen LogP contribution in [-0.4, -0.2) is 42.0 Å². The van der Waals surface area contributed by atoms with E-state index in [0.29, 0.717) is 12.1 Å². The average Bonchev–Trinajstić information content (AvgIpc) is 2.46. The van der Waals surface area contributed by atoms with Gasteiger partial charge in [-0.25, -0.2) is 0 Å². The topological polar surface area (TPSA) is 98.7 Å². The second-order valence-corrected chi connectivity index (χ2v) is 4.50. The van der Waals surface area contributed by atoms with Crippen molar-refractivity contribution in [3.8, 4) is 0 Å². The zero-order valence-corrected chi connectivity index (χ0v) is 11.9. The molecule has 2 N–H and O–H groups in total. The van der Waals surface area contributed by atoms with Crippen molar-refractivity contribution in [3.63, 3.8) is 0 Å². The summed E-state index contributed by atoms with van der Waals surface area (Å²) in [6.07, 6.45) is 1.58. The number of carbonyl (C=O) groups excluding carboxylic acids is 1. The van der Waals surface area contributed by atoms with Gasteiger partial charge in [-0.2, -0.15) is 0 Å². The molecule has 0 heterocycles. The molecule has 0 radical (unpaired) electrons. The van der Waals surface area contributed by atoms with E-state index in [1.807, 2.05) is 0 Å². The van der Waals surface area contributed by atoms with Crippen LogP contribution < -0.4 is 5.73 Å². The molecule has 0 saturated heterocycles. The number of nitro groups is 1. The Morgan fingerprint density at radius 2 is 2.33 bits per heavy atom. The van der Waals surface area contributed by atoms with Crippen LogP contribution in [0.15, 0.2) is 36.9 Å². The highest BCUT2D eigenvalue weighted by atomic mass is 16.6. The molecule has 0 aromatic heterocycles. The number of nitrogens with zero attached hydrogens (tertiary/aromatic N) is 2. The second-order valence-electron chi connectivity index (χ2n) is 4.50. The molecule has 0 bridgehead atoms. The van der Waals surface area contributed by atoms with Crippen molar-refractivity contribution in [2.24, 2.45) is 5.73 Å². The van der Waals surface area contributed by atoms with E-state index in [2.05, 4.69) is 6.58 Å². The van der Waals surface area contributed by atoms with Gasteiger partial charge >= 0.3 is 0 Å². The molecule has 1 unspecified atom stereocenters. The molecule has 1 aromatic carbocycles. The Labute approximate surface area is 123 Å².